The van der Waals surface area contributed by atoms with E-state index in [-0.39, 0.29) is 23.3 Å². The Morgan fingerprint density at radius 1 is 0.967 bits per heavy atom. The third kappa shape index (κ3) is 3.41. The molecule has 0 unspecified atom stereocenters. The molecule has 2 aromatic rings. The quantitative estimate of drug-likeness (QED) is 0.687. The summed E-state index contributed by atoms with van der Waals surface area (Å²) >= 11 is 0. The molecule has 0 aliphatic carbocycles. The summed E-state index contributed by atoms with van der Waals surface area (Å²) in [6, 6.07) is 10.2. The number of ether oxygens (including phenoxy) is 1. The smallest absolute Gasteiger partial charge is 0.266 e. The number of carbonyl (C=O) groups excluding carboxylic acids is 4. The maximum absolute atomic E-state index is 13.4. The first-order valence-corrected chi connectivity index (χ1v) is 9.79. The van der Waals surface area contributed by atoms with E-state index in [9.17, 15) is 19.2 Å². The number of carbonyl (C=O) groups is 4. The molecule has 0 saturated heterocycles. The highest BCUT2D eigenvalue weighted by molar-refractivity contribution is 6.37. The molecule has 30 heavy (non-hydrogen) atoms. The second-order valence-electron chi connectivity index (χ2n) is 7.00. The van der Waals surface area contributed by atoms with Crippen molar-refractivity contribution < 1.29 is 23.9 Å². The largest absolute Gasteiger partial charge is 0.375 e. The van der Waals surface area contributed by atoms with E-state index in [0.717, 1.165) is 20.9 Å². The van der Waals surface area contributed by atoms with Gasteiger partial charge in [0.2, 0.25) is 0 Å². The molecule has 7 nitrogen and oxygen atoms in total. The Bertz CT molecular complexity index is 1020. The first-order valence-electron chi connectivity index (χ1n) is 9.79. The Kier molecular flexibility index (Phi) is 6.12. The maximum atomic E-state index is 13.4. The van der Waals surface area contributed by atoms with Gasteiger partial charge in [-0.05, 0) is 36.1 Å². The second-order valence-corrected chi connectivity index (χ2v) is 7.00. The molecule has 156 valence electrons. The maximum Gasteiger partial charge on any atom is 0.266 e. The van der Waals surface area contributed by atoms with Crippen molar-refractivity contribution in [2.75, 3.05) is 25.7 Å². The lowest BCUT2D eigenvalue weighted by atomic mass is 10.0. The summed E-state index contributed by atoms with van der Waals surface area (Å²) in [5.74, 6) is -2.22. The summed E-state index contributed by atoms with van der Waals surface area (Å²) in [6.07, 6.45) is 1.30. The van der Waals surface area contributed by atoms with E-state index in [4.69, 9.17) is 4.74 Å². The summed E-state index contributed by atoms with van der Waals surface area (Å²) in [6.45, 7) is 3.66. The van der Waals surface area contributed by atoms with Crippen LogP contribution in [0.2, 0.25) is 0 Å². The van der Waals surface area contributed by atoms with E-state index >= 15 is 0 Å². The predicted octanol–water partition coefficient (Wildman–Crippen LogP) is 2.86. The van der Waals surface area contributed by atoms with Gasteiger partial charge in [-0.1, -0.05) is 38.1 Å². The van der Waals surface area contributed by atoms with E-state index in [1.165, 1.54) is 26.3 Å². The number of methoxy groups -OCH3 is 1. The van der Waals surface area contributed by atoms with Crippen molar-refractivity contribution >= 4 is 29.3 Å². The fourth-order valence-corrected chi connectivity index (χ4v) is 3.68. The highest BCUT2D eigenvalue weighted by atomic mass is 16.5. The average Bonchev–Trinajstić information content (AvgIpc) is 3.02. The second kappa shape index (κ2) is 8.59. The molecule has 4 amide bonds. The fourth-order valence-electron chi connectivity index (χ4n) is 3.68. The lowest BCUT2D eigenvalue weighted by Gasteiger charge is -2.21. The zero-order chi connectivity index (χ0) is 22.0. The fraction of sp³-hybridized carbons (Fsp3) is 0.304. The zero-order valence-corrected chi connectivity index (χ0v) is 17.5. The molecule has 7 heteroatoms. The molecule has 2 aromatic carbocycles. The van der Waals surface area contributed by atoms with Crippen molar-refractivity contribution in [1.29, 1.82) is 0 Å². The van der Waals surface area contributed by atoms with Gasteiger partial charge < -0.3 is 4.74 Å². The van der Waals surface area contributed by atoms with Crippen molar-refractivity contribution in [3.05, 3.63) is 64.2 Å². The number of aryl methyl sites for hydroxylation is 2. The van der Waals surface area contributed by atoms with Crippen molar-refractivity contribution in [3.8, 4) is 0 Å². The SMILES string of the molecule is CCc1cccc(CC)c1N1C(=O)c2cccc(C(=O)N(C)C(=O)COC)c2C1=O. The molecule has 0 N–H and O–H groups in total. The van der Waals surface area contributed by atoms with Crippen LogP contribution in [0.3, 0.4) is 0 Å². The summed E-state index contributed by atoms with van der Waals surface area (Å²) < 4.78 is 4.79. The average molecular weight is 408 g/mol. The number of hydrogen-bond acceptors (Lipinski definition) is 5. The molecule has 0 spiro atoms. The first-order chi connectivity index (χ1) is 14.4. The van der Waals surface area contributed by atoms with Crippen molar-refractivity contribution in [1.82, 2.24) is 4.90 Å². The van der Waals surface area contributed by atoms with E-state index in [1.807, 2.05) is 32.0 Å². The minimum Gasteiger partial charge on any atom is -0.375 e. The summed E-state index contributed by atoms with van der Waals surface area (Å²) in [5.41, 5.74) is 2.54. The number of hydrogen-bond donors (Lipinski definition) is 0. The third-order valence-corrected chi connectivity index (χ3v) is 5.28. The Hall–Kier alpha value is -3.32. The van der Waals surface area contributed by atoms with Crippen LogP contribution < -0.4 is 4.90 Å². The van der Waals surface area contributed by atoms with Gasteiger partial charge >= 0.3 is 0 Å². The van der Waals surface area contributed by atoms with Crippen LogP contribution in [-0.2, 0) is 22.4 Å². The number of rotatable bonds is 6. The summed E-state index contributed by atoms with van der Waals surface area (Å²) in [5, 5.41) is 0. The Morgan fingerprint density at radius 2 is 1.57 bits per heavy atom. The first kappa shape index (κ1) is 21.4. The molecule has 1 aliphatic heterocycles. The molecule has 0 fully saturated rings. The molecular weight excluding hydrogens is 384 g/mol. The van der Waals surface area contributed by atoms with Crippen LogP contribution in [0.4, 0.5) is 5.69 Å². The van der Waals surface area contributed by atoms with Gasteiger partial charge in [0.1, 0.15) is 6.61 Å². The highest BCUT2D eigenvalue weighted by Gasteiger charge is 2.41. The summed E-state index contributed by atoms with van der Waals surface area (Å²) in [7, 11) is 2.68. The van der Waals surface area contributed by atoms with E-state index in [2.05, 4.69) is 0 Å². The van der Waals surface area contributed by atoms with Gasteiger partial charge in [0.05, 0.1) is 22.4 Å². The van der Waals surface area contributed by atoms with Crippen LogP contribution in [0.25, 0.3) is 0 Å². The molecule has 3 rings (SSSR count). The molecule has 0 atom stereocenters. The van der Waals surface area contributed by atoms with Crippen LogP contribution in [-0.4, -0.2) is 49.3 Å². The van der Waals surface area contributed by atoms with Gasteiger partial charge in [0.25, 0.3) is 23.6 Å². The number of anilines is 1. The van der Waals surface area contributed by atoms with Crippen LogP contribution in [0.5, 0.6) is 0 Å². The monoisotopic (exact) mass is 408 g/mol. The lowest BCUT2D eigenvalue weighted by Crippen LogP contribution is -2.37. The van der Waals surface area contributed by atoms with Gasteiger partial charge in [-0.25, -0.2) is 4.90 Å². The molecule has 0 bridgehead atoms. The zero-order valence-electron chi connectivity index (χ0n) is 17.5. The van der Waals surface area contributed by atoms with E-state index in [1.54, 1.807) is 6.07 Å². The van der Waals surface area contributed by atoms with Crippen molar-refractivity contribution in [3.63, 3.8) is 0 Å². The molecule has 1 heterocycles. The number of fused-ring (bicyclic) bond motifs is 1. The van der Waals surface area contributed by atoms with Crippen LogP contribution in [0, 0.1) is 0 Å². The number of imide groups is 2. The van der Waals surface area contributed by atoms with Crippen molar-refractivity contribution in [2.24, 2.45) is 0 Å². The third-order valence-electron chi connectivity index (χ3n) is 5.28. The number of benzene rings is 2. The lowest BCUT2D eigenvalue weighted by molar-refractivity contribution is -0.131. The number of amides is 4. The minimum absolute atomic E-state index is 0.0207. The Balaban J connectivity index is 2.11. The van der Waals surface area contributed by atoms with Gasteiger partial charge in [-0.15, -0.1) is 0 Å². The standard InChI is InChI=1S/C23H24N2O5/c1-5-14-9-7-10-15(6-2)20(14)25-22(28)17-12-8-11-16(19(17)23(25)29)21(27)24(3)18(26)13-30-4/h7-12H,5-6,13H2,1-4H3. The predicted molar refractivity (Wildman–Crippen MR) is 112 cm³/mol. The van der Waals surface area contributed by atoms with Crippen molar-refractivity contribution in [2.45, 2.75) is 26.7 Å². The normalized spacial score (nSPS) is 12.9. The molecule has 0 aromatic heterocycles. The number of para-hydroxylation sites is 1. The topological polar surface area (TPSA) is 84.0 Å². The molecular formula is C23H24N2O5. The van der Waals surface area contributed by atoms with Crippen LogP contribution in [0.15, 0.2) is 36.4 Å². The minimum atomic E-state index is -0.656. The van der Waals surface area contributed by atoms with E-state index < -0.39 is 23.6 Å². The number of nitrogens with zero attached hydrogens (tertiary/aromatic N) is 2. The number of likely N-dealkylation sites (N-methyl/N-ethyl adjacent to an activating group) is 1. The van der Waals surface area contributed by atoms with Gasteiger partial charge in [-0.2, -0.15) is 0 Å². The Morgan fingerprint density at radius 3 is 2.13 bits per heavy atom. The van der Waals surface area contributed by atoms with Gasteiger partial charge in [-0.3, -0.25) is 24.1 Å². The van der Waals surface area contributed by atoms with Crippen LogP contribution >= 0.6 is 0 Å². The van der Waals surface area contributed by atoms with Gasteiger partial charge in [0, 0.05) is 14.2 Å². The Labute approximate surface area is 175 Å². The van der Waals surface area contributed by atoms with E-state index in [0.29, 0.717) is 18.5 Å². The molecule has 0 saturated carbocycles. The molecule has 0 radical (unpaired) electrons. The molecule has 1 aliphatic rings. The highest BCUT2D eigenvalue weighted by Crippen LogP contribution is 2.35. The summed E-state index contributed by atoms with van der Waals surface area (Å²) in [4.78, 5) is 53.7. The van der Waals surface area contributed by atoms with Crippen LogP contribution in [0.1, 0.15) is 56.0 Å². The van der Waals surface area contributed by atoms with Gasteiger partial charge in [0.15, 0.2) is 0 Å².